The van der Waals surface area contributed by atoms with Gasteiger partial charge in [-0.15, -0.1) is 12.4 Å². The number of aryl methyl sites for hydroxylation is 3. The van der Waals surface area contributed by atoms with Crippen molar-refractivity contribution in [3.8, 4) is 11.6 Å². The normalized spacial score (nSPS) is 11.0. The maximum absolute atomic E-state index is 6.45. The van der Waals surface area contributed by atoms with Gasteiger partial charge in [0.2, 0.25) is 5.88 Å². The lowest BCUT2D eigenvalue weighted by molar-refractivity contribution is 0.471. The van der Waals surface area contributed by atoms with Crippen LogP contribution in [0.3, 0.4) is 0 Å². The second-order valence-electron chi connectivity index (χ2n) is 8.19. The Morgan fingerprint density at radius 3 is 2.56 bits per heavy atom. The molecular formula is C27H26ClN3O. The summed E-state index contributed by atoms with van der Waals surface area (Å²) in [5.41, 5.74) is 7.39. The second kappa shape index (κ2) is 8.64. The van der Waals surface area contributed by atoms with Crippen molar-refractivity contribution in [1.82, 2.24) is 14.5 Å². The highest BCUT2D eigenvalue weighted by molar-refractivity contribution is 5.91. The summed E-state index contributed by atoms with van der Waals surface area (Å²) in [7, 11) is 0. The average Bonchev–Trinajstić information content (AvgIpc) is 3.02. The zero-order valence-corrected chi connectivity index (χ0v) is 19.5. The van der Waals surface area contributed by atoms with Crippen molar-refractivity contribution in [2.45, 2.75) is 34.2 Å². The van der Waals surface area contributed by atoms with Crippen molar-refractivity contribution < 1.29 is 4.74 Å². The number of hydrogen-bond acceptors (Lipinski definition) is 3. The lowest BCUT2D eigenvalue weighted by Crippen LogP contribution is -2.05. The van der Waals surface area contributed by atoms with E-state index in [1.165, 1.54) is 33.3 Å². The number of ether oxygens (including phenoxy) is 1. The van der Waals surface area contributed by atoms with Crippen LogP contribution in [0, 0.1) is 27.7 Å². The number of aromatic nitrogens is 3. The zero-order chi connectivity index (χ0) is 21.5. The second-order valence-corrected chi connectivity index (χ2v) is 8.19. The van der Waals surface area contributed by atoms with Gasteiger partial charge in [-0.25, -0.2) is 4.98 Å². The molecular weight excluding hydrogens is 418 g/mol. The van der Waals surface area contributed by atoms with E-state index in [2.05, 4.69) is 66.5 Å². The summed E-state index contributed by atoms with van der Waals surface area (Å²) in [5, 5.41) is 3.25. The van der Waals surface area contributed by atoms with Gasteiger partial charge in [0.05, 0.1) is 0 Å². The molecule has 0 radical (unpaired) electrons. The maximum Gasteiger partial charge on any atom is 0.244 e. The van der Waals surface area contributed by atoms with E-state index in [4.69, 9.17) is 4.74 Å². The number of hydrogen-bond donors (Lipinski definition) is 0. The van der Waals surface area contributed by atoms with Gasteiger partial charge in [-0.2, -0.15) is 0 Å². The summed E-state index contributed by atoms with van der Waals surface area (Å²) in [4.78, 5) is 8.87. The first-order valence-corrected chi connectivity index (χ1v) is 10.5. The third kappa shape index (κ3) is 3.71. The largest absolute Gasteiger partial charge is 0.436 e. The smallest absolute Gasteiger partial charge is 0.244 e. The Morgan fingerprint density at radius 1 is 0.906 bits per heavy atom. The van der Waals surface area contributed by atoms with Crippen LogP contribution in [0.25, 0.3) is 21.7 Å². The number of rotatable bonds is 4. The molecule has 0 spiro atoms. The van der Waals surface area contributed by atoms with Crippen molar-refractivity contribution in [3.05, 3.63) is 95.1 Å². The van der Waals surface area contributed by atoms with Gasteiger partial charge in [-0.05, 0) is 62.6 Å². The highest BCUT2D eigenvalue weighted by Gasteiger charge is 2.18. The van der Waals surface area contributed by atoms with E-state index in [-0.39, 0.29) is 12.4 Å². The topological polar surface area (TPSA) is 39.9 Å². The third-order valence-electron chi connectivity index (χ3n) is 6.19. The molecule has 0 bridgehead atoms. The Morgan fingerprint density at radius 2 is 1.72 bits per heavy atom. The zero-order valence-electron chi connectivity index (χ0n) is 18.7. The van der Waals surface area contributed by atoms with Crippen LogP contribution in [0.4, 0.5) is 0 Å². The highest BCUT2D eigenvalue weighted by atomic mass is 35.5. The molecule has 5 aromatic rings. The van der Waals surface area contributed by atoms with Crippen LogP contribution >= 0.6 is 12.4 Å². The molecule has 0 amide bonds. The fourth-order valence-corrected chi connectivity index (χ4v) is 4.26. The molecule has 0 aliphatic heterocycles. The number of halogens is 1. The first-order chi connectivity index (χ1) is 15.0. The van der Waals surface area contributed by atoms with E-state index >= 15 is 0 Å². The van der Waals surface area contributed by atoms with Gasteiger partial charge in [0, 0.05) is 47.0 Å². The number of fused-ring (bicyclic) bond motifs is 2. The minimum absolute atomic E-state index is 0. The number of benzene rings is 2. The standard InChI is InChI=1S/C27H25N3O.ClH/c1-17-8-9-18(2)22(14-17)16-30-20(4)19(3)23-11-13-29-27(26(23)30)31-25-7-5-6-21-15-28-12-10-24(21)25;/h5-15H,16H2,1-4H3;1H. The van der Waals surface area contributed by atoms with Gasteiger partial charge in [0.25, 0.3) is 0 Å². The van der Waals surface area contributed by atoms with Crippen LogP contribution in [-0.4, -0.2) is 14.5 Å². The molecule has 0 saturated heterocycles. The van der Waals surface area contributed by atoms with Crippen LogP contribution in [0.15, 0.2) is 67.1 Å². The Balaban J connectivity index is 0.00000245. The van der Waals surface area contributed by atoms with Crippen molar-refractivity contribution in [1.29, 1.82) is 0 Å². The van der Waals surface area contributed by atoms with E-state index in [1.54, 1.807) is 6.20 Å². The van der Waals surface area contributed by atoms with E-state index in [0.29, 0.717) is 5.88 Å². The Hall–Kier alpha value is -3.37. The van der Waals surface area contributed by atoms with Crippen LogP contribution in [0.5, 0.6) is 11.6 Å². The predicted octanol–water partition coefficient (Wildman–Crippen LogP) is 7.08. The van der Waals surface area contributed by atoms with Gasteiger partial charge in [0.15, 0.2) is 0 Å². The quantitative estimate of drug-likeness (QED) is 0.298. The Labute approximate surface area is 194 Å². The molecule has 5 rings (SSSR count). The van der Waals surface area contributed by atoms with E-state index in [0.717, 1.165) is 28.6 Å². The Kier molecular flexibility index (Phi) is 5.90. The maximum atomic E-state index is 6.45. The lowest BCUT2D eigenvalue weighted by atomic mass is 10.1. The molecule has 3 aromatic heterocycles. The molecule has 0 saturated carbocycles. The number of nitrogens with zero attached hydrogens (tertiary/aromatic N) is 3. The molecule has 0 fully saturated rings. The minimum atomic E-state index is 0. The van der Waals surface area contributed by atoms with Crippen molar-refractivity contribution in [3.63, 3.8) is 0 Å². The highest BCUT2D eigenvalue weighted by Crippen LogP contribution is 2.36. The molecule has 5 heteroatoms. The molecule has 3 heterocycles. The molecule has 0 N–H and O–H groups in total. The summed E-state index contributed by atoms with van der Waals surface area (Å²) in [6.07, 6.45) is 5.48. The predicted molar refractivity (Wildman–Crippen MR) is 133 cm³/mol. The molecule has 4 nitrogen and oxygen atoms in total. The van der Waals surface area contributed by atoms with Crippen LogP contribution in [0.2, 0.25) is 0 Å². The third-order valence-corrected chi connectivity index (χ3v) is 6.19. The van der Waals surface area contributed by atoms with Crippen LogP contribution < -0.4 is 4.74 Å². The van der Waals surface area contributed by atoms with E-state index in [9.17, 15) is 0 Å². The summed E-state index contributed by atoms with van der Waals surface area (Å²) in [6, 6.07) is 16.7. The van der Waals surface area contributed by atoms with Gasteiger partial charge in [-0.3, -0.25) is 4.98 Å². The van der Waals surface area contributed by atoms with E-state index in [1.807, 2.05) is 36.7 Å². The summed E-state index contributed by atoms with van der Waals surface area (Å²) in [6.45, 7) is 9.44. The molecule has 2 aromatic carbocycles. The fraction of sp³-hybridized carbons (Fsp3) is 0.185. The Bertz CT molecular complexity index is 1430. The molecule has 0 aliphatic rings. The van der Waals surface area contributed by atoms with Gasteiger partial charge >= 0.3 is 0 Å². The lowest BCUT2D eigenvalue weighted by Gasteiger charge is -2.14. The van der Waals surface area contributed by atoms with Crippen LogP contribution in [0.1, 0.15) is 27.9 Å². The van der Waals surface area contributed by atoms with Crippen molar-refractivity contribution in [2.75, 3.05) is 0 Å². The van der Waals surface area contributed by atoms with Gasteiger partial charge < -0.3 is 9.30 Å². The number of pyridine rings is 2. The van der Waals surface area contributed by atoms with Gasteiger partial charge in [0.1, 0.15) is 11.3 Å². The molecule has 32 heavy (non-hydrogen) atoms. The fourth-order valence-electron chi connectivity index (χ4n) is 4.26. The SMILES string of the molecule is Cc1ccc(C)c(Cn2c(C)c(C)c3ccnc(Oc4cccc5cnccc45)c32)c1.Cl. The summed E-state index contributed by atoms with van der Waals surface area (Å²) in [5.74, 6) is 1.41. The first-order valence-electron chi connectivity index (χ1n) is 10.5. The average molecular weight is 444 g/mol. The molecule has 0 atom stereocenters. The molecule has 162 valence electrons. The van der Waals surface area contributed by atoms with Crippen molar-refractivity contribution >= 4 is 34.1 Å². The van der Waals surface area contributed by atoms with Gasteiger partial charge in [-0.1, -0.05) is 35.9 Å². The summed E-state index contributed by atoms with van der Waals surface area (Å²) >= 11 is 0. The van der Waals surface area contributed by atoms with E-state index < -0.39 is 0 Å². The van der Waals surface area contributed by atoms with Crippen molar-refractivity contribution in [2.24, 2.45) is 0 Å². The molecule has 0 unspecified atom stereocenters. The van der Waals surface area contributed by atoms with Crippen LogP contribution in [-0.2, 0) is 6.54 Å². The monoisotopic (exact) mass is 443 g/mol. The summed E-state index contributed by atoms with van der Waals surface area (Å²) < 4.78 is 8.78. The molecule has 0 aliphatic carbocycles. The minimum Gasteiger partial charge on any atom is -0.436 e. The first kappa shape index (κ1) is 21.8.